The van der Waals surface area contributed by atoms with Gasteiger partial charge in [-0.25, -0.2) is 15.1 Å². The summed E-state index contributed by atoms with van der Waals surface area (Å²) in [6, 6.07) is 11.9. The molecule has 2 aromatic rings. The molecular formula is C34H49N5O9. The number of hydrogen-bond acceptors (Lipinski definition) is 8. The van der Waals surface area contributed by atoms with Gasteiger partial charge in [0.2, 0.25) is 5.91 Å². The van der Waals surface area contributed by atoms with E-state index in [0.717, 1.165) is 21.6 Å². The highest BCUT2D eigenvalue weighted by Crippen LogP contribution is 2.22. The lowest BCUT2D eigenvalue weighted by Crippen LogP contribution is -2.57. The van der Waals surface area contributed by atoms with E-state index in [9.17, 15) is 34.2 Å². The molecule has 0 bridgehead atoms. The fraction of sp³-hybridized carbons (Fsp3) is 0.500. The number of rotatable bonds is 14. The lowest BCUT2D eigenvalue weighted by Gasteiger charge is -2.39. The van der Waals surface area contributed by atoms with E-state index in [2.05, 4.69) is 16.0 Å². The minimum atomic E-state index is -1.33. The van der Waals surface area contributed by atoms with Gasteiger partial charge in [-0.1, -0.05) is 36.4 Å². The maximum Gasteiger partial charge on any atom is 0.408 e. The molecule has 0 aromatic heterocycles. The van der Waals surface area contributed by atoms with E-state index in [-0.39, 0.29) is 25.1 Å². The Morgan fingerprint density at radius 2 is 1.40 bits per heavy atom. The molecule has 7 N–H and O–H groups in total. The number of carbonyl (C=O) groups excluding carboxylic acids is 4. The van der Waals surface area contributed by atoms with Gasteiger partial charge < -0.3 is 30.9 Å². The molecule has 0 radical (unpaired) electrons. The molecule has 0 spiro atoms. The number of aliphatic hydroxyl groups is 1. The molecule has 2 rings (SSSR count). The van der Waals surface area contributed by atoms with Crippen molar-refractivity contribution in [2.24, 2.45) is 0 Å². The van der Waals surface area contributed by atoms with Crippen LogP contribution in [0.2, 0.25) is 0 Å². The number of ether oxygens (including phenoxy) is 1. The monoisotopic (exact) mass is 671 g/mol. The molecule has 0 fully saturated rings. The first-order valence-corrected chi connectivity index (χ1v) is 15.7. The molecule has 0 aliphatic carbocycles. The molecule has 14 nitrogen and oxygen atoms in total. The number of amides is 5. The first kappa shape index (κ1) is 39.5. The summed E-state index contributed by atoms with van der Waals surface area (Å²) in [6.07, 6.45) is -1.99. The number of hydrogen-bond donors (Lipinski definition) is 7. The van der Waals surface area contributed by atoms with Gasteiger partial charge in [0, 0.05) is 24.2 Å². The first-order valence-electron chi connectivity index (χ1n) is 15.7. The molecule has 264 valence electrons. The minimum Gasteiger partial charge on any atom is -0.465 e. The van der Waals surface area contributed by atoms with Crippen LogP contribution in [-0.2, 0) is 20.7 Å². The Balaban J connectivity index is 2.00. The molecule has 2 aromatic carbocycles. The van der Waals surface area contributed by atoms with Gasteiger partial charge in [0.05, 0.1) is 6.10 Å². The molecule has 0 aliphatic heterocycles. The summed E-state index contributed by atoms with van der Waals surface area (Å²) in [7, 11) is 0. The number of nitrogens with one attached hydrogen (secondary N) is 4. The van der Waals surface area contributed by atoms with E-state index >= 15 is 0 Å². The summed E-state index contributed by atoms with van der Waals surface area (Å²) in [5, 5.41) is 36.4. The fourth-order valence-electron chi connectivity index (χ4n) is 4.89. The van der Waals surface area contributed by atoms with Crippen molar-refractivity contribution in [3.63, 3.8) is 0 Å². The number of carbonyl (C=O) groups is 5. The van der Waals surface area contributed by atoms with Crippen LogP contribution in [-0.4, -0.2) is 92.6 Å². The number of hydroxylamine groups is 1. The zero-order valence-corrected chi connectivity index (χ0v) is 28.6. The van der Waals surface area contributed by atoms with E-state index in [1.807, 2.05) is 24.3 Å². The Hall–Kier alpha value is -4.69. The van der Waals surface area contributed by atoms with Gasteiger partial charge in [0.15, 0.2) is 0 Å². The van der Waals surface area contributed by atoms with Crippen molar-refractivity contribution >= 4 is 29.9 Å². The van der Waals surface area contributed by atoms with Crippen LogP contribution in [0.3, 0.4) is 0 Å². The summed E-state index contributed by atoms with van der Waals surface area (Å²) in [5.74, 6) is -1.96. The van der Waals surface area contributed by atoms with Crippen LogP contribution in [0.1, 0.15) is 77.2 Å². The van der Waals surface area contributed by atoms with Crippen molar-refractivity contribution in [3.05, 3.63) is 59.7 Å². The lowest BCUT2D eigenvalue weighted by molar-refractivity contribution is -0.133. The smallest absolute Gasteiger partial charge is 0.408 e. The van der Waals surface area contributed by atoms with E-state index < -0.39 is 59.2 Å². The number of carboxylic acid groups (broad SMARTS) is 1. The van der Waals surface area contributed by atoms with Crippen LogP contribution >= 0.6 is 0 Å². The van der Waals surface area contributed by atoms with Crippen molar-refractivity contribution in [1.82, 2.24) is 26.3 Å². The number of alkyl carbamates (subject to hydrolysis) is 1. The summed E-state index contributed by atoms with van der Waals surface area (Å²) in [4.78, 5) is 62.9. The Morgan fingerprint density at radius 1 is 0.833 bits per heavy atom. The molecule has 5 amide bonds. The van der Waals surface area contributed by atoms with Gasteiger partial charge >= 0.3 is 12.2 Å². The fourth-order valence-corrected chi connectivity index (χ4v) is 4.89. The van der Waals surface area contributed by atoms with E-state index in [4.69, 9.17) is 9.94 Å². The maximum absolute atomic E-state index is 13.3. The van der Waals surface area contributed by atoms with Crippen molar-refractivity contribution in [1.29, 1.82) is 0 Å². The summed E-state index contributed by atoms with van der Waals surface area (Å²) < 4.78 is 5.23. The number of benzene rings is 2. The topological polar surface area (TPSA) is 207 Å². The Kier molecular flexibility index (Phi) is 14.4. The van der Waals surface area contributed by atoms with E-state index in [0.29, 0.717) is 12.8 Å². The van der Waals surface area contributed by atoms with Crippen LogP contribution in [0.5, 0.6) is 0 Å². The van der Waals surface area contributed by atoms with Gasteiger partial charge in [-0.3, -0.25) is 24.5 Å². The number of aliphatic hydroxyl groups excluding tert-OH is 1. The third-order valence-corrected chi connectivity index (χ3v) is 7.17. The van der Waals surface area contributed by atoms with Gasteiger partial charge in [-0.05, 0) is 96.6 Å². The summed E-state index contributed by atoms with van der Waals surface area (Å²) in [6.45, 7) is 12.2. The molecule has 0 heterocycles. The molecule has 0 saturated heterocycles. The average Bonchev–Trinajstić information content (AvgIpc) is 2.99. The van der Waals surface area contributed by atoms with Gasteiger partial charge in [0.1, 0.15) is 17.7 Å². The third-order valence-electron chi connectivity index (χ3n) is 7.17. The van der Waals surface area contributed by atoms with Crippen molar-refractivity contribution in [3.8, 4) is 11.1 Å². The van der Waals surface area contributed by atoms with Gasteiger partial charge in [-0.2, -0.15) is 0 Å². The molecule has 0 unspecified atom stereocenters. The van der Waals surface area contributed by atoms with Crippen LogP contribution in [0, 0.1) is 0 Å². The van der Waals surface area contributed by atoms with Crippen LogP contribution in [0.15, 0.2) is 48.5 Å². The molecule has 0 saturated carbocycles. The van der Waals surface area contributed by atoms with E-state index in [1.165, 1.54) is 12.4 Å². The minimum absolute atomic E-state index is 0.194. The van der Waals surface area contributed by atoms with Crippen molar-refractivity contribution in [2.45, 2.75) is 97.1 Å². The maximum atomic E-state index is 13.3. The highest BCUT2D eigenvalue weighted by atomic mass is 16.6. The van der Waals surface area contributed by atoms with Crippen molar-refractivity contribution in [2.75, 3.05) is 13.1 Å². The van der Waals surface area contributed by atoms with Crippen molar-refractivity contribution < 1.29 is 44.1 Å². The molecule has 3 atom stereocenters. The van der Waals surface area contributed by atoms with Crippen LogP contribution in [0.4, 0.5) is 9.59 Å². The van der Waals surface area contributed by atoms with Gasteiger partial charge in [0.25, 0.3) is 11.8 Å². The molecule has 14 heteroatoms. The standard InChI is InChI=1S/C34H49N5O9/c1-21(40)27(30(43)38-47)37-28(41)25-16-14-24(15-17-25)23-12-10-22(11-13-23)18-20-35-29(42)26(39(32(45)46)33(2,3)4)9-8-19-36-31(44)48-34(5,6)7/h10-17,21,26-27,40,47H,8-9,18-20H2,1-7H3,(H,35,42)(H,36,44)(H,37,41)(H,38,43)(H,45,46)/t21-,26+,27+/m1/s1. The molecule has 48 heavy (non-hydrogen) atoms. The molecular weight excluding hydrogens is 622 g/mol. The predicted octanol–water partition coefficient (Wildman–Crippen LogP) is 3.45. The van der Waals surface area contributed by atoms with Crippen LogP contribution in [0.25, 0.3) is 11.1 Å². The average molecular weight is 672 g/mol. The SMILES string of the molecule is C[C@@H](O)[C@H](NC(=O)c1ccc(-c2ccc(CCNC(=O)[C@H](CCCNC(=O)OC(C)(C)C)N(C(=O)O)C(C)(C)C)cc2)cc1)C(=O)NO. The summed E-state index contributed by atoms with van der Waals surface area (Å²) in [5.41, 5.74) is 2.81. The zero-order chi connectivity index (χ0) is 36.2. The second-order valence-corrected chi connectivity index (χ2v) is 13.4. The lowest BCUT2D eigenvalue weighted by atomic mass is 9.99. The largest absolute Gasteiger partial charge is 0.465 e. The van der Waals surface area contributed by atoms with Crippen LogP contribution < -0.4 is 21.4 Å². The zero-order valence-electron chi connectivity index (χ0n) is 28.6. The summed E-state index contributed by atoms with van der Waals surface area (Å²) >= 11 is 0. The second-order valence-electron chi connectivity index (χ2n) is 13.4. The van der Waals surface area contributed by atoms with E-state index in [1.54, 1.807) is 65.8 Å². The first-order chi connectivity index (χ1) is 22.3. The Labute approximate surface area is 281 Å². The third kappa shape index (κ3) is 12.5. The Morgan fingerprint density at radius 3 is 1.88 bits per heavy atom. The second kappa shape index (κ2) is 17.5. The van der Waals surface area contributed by atoms with Gasteiger partial charge in [-0.15, -0.1) is 0 Å². The normalized spacial score (nSPS) is 13.4. The highest BCUT2D eigenvalue weighted by Gasteiger charge is 2.37. The quantitative estimate of drug-likeness (QED) is 0.0891. The highest BCUT2D eigenvalue weighted by molar-refractivity contribution is 5.98. The Bertz CT molecular complexity index is 1400. The molecule has 0 aliphatic rings. The number of nitrogens with zero attached hydrogens (tertiary/aromatic N) is 1. The predicted molar refractivity (Wildman–Crippen MR) is 178 cm³/mol.